The molecule has 20 heavy (non-hydrogen) atoms. The minimum Gasteiger partial charge on any atom is -0.406 e. The minimum absolute atomic E-state index is 0.0628. The van der Waals surface area contributed by atoms with E-state index in [4.69, 9.17) is 4.74 Å². The second-order valence-corrected chi connectivity index (χ2v) is 4.39. The molecular formula is C16H11NO3. The number of amides is 1. The fourth-order valence-electron chi connectivity index (χ4n) is 2.07. The Morgan fingerprint density at radius 1 is 0.850 bits per heavy atom. The molecule has 0 radical (unpaired) electrons. The van der Waals surface area contributed by atoms with E-state index in [0.29, 0.717) is 11.1 Å². The van der Waals surface area contributed by atoms with Crippen molar-refractivity contribution in [3.05, 3.63) is 71.8 Å². The Kier molecular flexibility index (Phi) is 3.13. The number of esters is 1. The summed E-state index contributed by atoms with van der Waals surface area (Å²) in [5.74, 6) is -1.99. The lowest BCUT2D eigenvalue weighted by molar-refractivity contribution is -0.142. The van der Waals surface area contributed by atoms with Gasteiger partial charge in [0.2, 0.25) is 5.90 Å². The highest BCUT2D eigenvalue weighted by atomic mass is 16.5. The van der Waals surface area contributed by atoms with Crippen LogP contribution >= 0.6 is 0 Å². The molecule has 0 aliphatic carbocycles. The molecule has 0 saturated heterocycles. The normalized spacial score (nSPS) is 18.4. The van der Waals surface area contributed by atoms with E-state index in [2.05, 4.69) is 4.99 Å². The molecule has 3 rings (SSSR count). The molecule has 0 saturated carbocycles. The predicted octanol–water partition coefficient (Wildman–Crippen LogP) is 2.30. The molecule has 2 aromatic carbocycles. The maximum atomic E-state index is 12.1. The van der Waals surface area contributed by atoms with Gasteiger partial charge in [-0.25, -0.2) is 0 Å². The third-order valence-corrected chi connectivity index (χ3v) is 3.05. The molecule has 0 aromatic heterocycles. The highest BCUT2D eigenvalue weighted by molar-refractivity contribution is 6.17. The van der Waals surface area contributed by atoms with E-state index in [1.807, 2.05) is 12.1 Å². The van der Waals surface area contributed by atoms with Crippen molar-refractivity contribution in [2.45, 2.75) is 5.92 Å². The highest BCUT2D eigenvalue weighted by Gasteiger charge is 2.35. The molecule has 0 N–H and O–H groups in total. The Labute approximate surface area is 115 Å². The summed E-state index contributed by atoms with van der Waals surface area (Å²) in [6.45, 7) is 0. The van der Waals surface area contributed by atoms with Crippen LogP contribution in [0.4, 0.5) is 0 Å². The SMILES string of the molecule is O=C1N=C(c2ccccc2)OC(=O)C1c1ccccc1. The van der Waals surface area contributed by atoms with Crippen molar-refractivity contribution < 1.29 is 14.3 Å². The van der Waals surface area contributed by atoms with Gasteiger partial charge in [0.1, 0.15) is 0 Å². The average molecular weight is 265 g/mol. The number of carbonyl (C=O) groups is 2. The van der Waals surface area contributed by atoms with Gasteiger partial charge in [0.05, 0.1) is 0 Å². The van der Waals surface area contributed by atoms with E-state index in [1.165, 1.54) is 0 Å². The molecule has 1 atom stereocenters. The number of aliphatic imine (C=N–C) groups is 1. The van der Waals surface area contributed by atoms with E-state index >= 15 is 0 Å². The third kappa shape index (κ3) is 2.23. The maximum Gasteiger partial charge on any atom is 0.329 e. The molecule has 1 heterocycles. The number of carbonyl (C=O) groups excluding carboxylic acids is 2. The number of nitrogens with zero attached hydrogens (tertiary/aromatic N) is 1. The number of cyclic esters (lactones) is 1. The molecule has 0 spiro atoms. The summed E-state index contributed by atoms with van der Waals surface area (Å²) in [4.78, 5) is 28.1. The van der Waals surface area contributed by atoms with Crippen LogP contribution in [0.5, 0.6) is 0 Å². The summed E-state index contributed by atoms with van der Waals surface area (Å²) < 4.78 is 5.20. The quantitative estimate of drug-likeness (QED) is 0.618. The molecular weight excluding hydrogens is 254 g/mol. The molecule has 98 valence electrons. The van der Waals surface area contributed by atoms with Gasteiger partial charge in [0, 0.05) is 5.56 Å². The zero-order valence-corrected chi connectivity index (χ0v) is 10.5. The molecule has 0 bridgehead atoms. The summed E-state index contributed by atoms with van der Waals surface area (Å²) in [5.41, 5.74) is 1.21. The van der Waals surface area contributed by atoms with Gasteiger partial charge in [0.25, 0.3) is 5.91 Å². The second-order valence-electron chi connectivity index (χ2n) is 4.39. The molecule has 1 aliphatic heterocycles. The van der Waals surface area contributed by atoms with Crippen LogP contribution in [0.3, 0.4) is 0 Å². The fraction of sp³-hybridized carbons (Fsp3) is 0.0625. The van der Waals surface area contributed by atoms with Crippen molar-refractivity contribution in [2.24, 2.45) is 4.99 Å². The van der Waals surface area contributed by atoms with E-state index in [-0.39, 0.29) is 5.90 Å². The van der Waals surface area contributed by atoms with Gasteiger partial charge in [0.15, 0.2) is 5.92 Å². The maximum absolute atomic E-state index is 12.1. The molecule has 4 nitrogen and oxygen atoms in total. The predicted molar refractivity (Wildman–Crippen MR) is 73.3 cm³/mol. The van der Waals surface area contributed by atoms with Crippen LogP contribution in [0.15, 0.2) is 65.7 Å². The van der Waals surface area contributed by atoms with Crippen molar-refractivity contribution in [1.29, 1.82) is 0 Å². The van der Waals surface area contributed by atoms with Crippen LogP contribution in [0, 0.1) is 0 Å². The van der Waals surface area contributed by atoms with E-state index in [9.17, 15) is 9.59 Å². The van der Waals surface area contributed by atoms with Crippen LogP contribution in [0.1, 0.15) is 17.0 Å². The number of benzene rings is 2. The smallest absolute Gasteiger partial charge is 0.329 e. The van der Waals surface area contributed by atoms with Crippen LogP contribution in [-0.4, -0.2) is 17.8 Å². The van der Waals surface area contributed by atoms with Crippen LogP contribution in [-0.2, 0) is 14.3 Å². The first-order valence-electron chi connectivity index (χ1n) is 6.20. The van der Waals surface area contributed by atoms with Crippen LogP contribution in [0.25, 0.3) is 0 Å². The van der Waals surface area contributed by atoms with Crippen molar-refractivity contribution in [3.8, 4) is 0 Å². The van der Waals surface area contributed by atoms with Gasteiger partial charge >= 0.3 is 5.97 Å². The monoisotopic (exact) mass is 265 g/mol. The fourth-order valence-corrected chi connectivity index (χ4v) is 2.07. The molecule has 0 fully saturated rings. The molecule has 1 aliphatic rings. The van der Waals surface area contributed by atoms with Gasteiger partial charge in [-0.15, -0.1) is 0 Å². The second kappa shape index (κ2) is 5.09. The van der Waals surface area contributed by atoms with Crippen LogP contribution in [0.2, 0.25) is 0 Å². The molecule has 2 aromatic rings. The highest BCUT2D eigenvalue weighted by Crippen LogP contribution is 2.24. The van der Waals surface area contributed by atoms with Gasteiger partial charge in [-0.3, -0.25) is 9.59 Å². The Balaban J connectivity index is 1.96. The lowest BCUT2D eigenvalue weighted by Gasteiger charge is -2.19. The van der Waals surface area contributed by atoms with E-state index in [1.54, 1.807) is 48.5 Å². The molecule has 4 heteroatoms. The number of rotatable bonds is 2. The van der Waals surface area contributed by atoms with Gasteiger partial charge in [-0.2, -0.15) is 4.99 Å². The topological polar surface area (TPSA) is 55.7 Å². The lowest BCUT2D eigenvalue weighted by atomic mass is 9.98. The first-order valence-corrected chi connectivity index (χ1v) is 6.20. The standard InChI is InChI=1S/C16H11NO3/c18-14-13(11-7-3-1-4-8-11)16(19)20-15(17-14)12-9-5-2-6-10-12/h1-10,13H. The number of hydrogen-bond donors (Lipinski definition) is 0. The summed E-state index contributed by atoms with van der Waals surface area (Å²) in [6.07, 6.45) is 0. The van der Waals surface area contributed by atoms with Crippen molar-refractivity contribution in [1.82, 2.24) is 0 Å². The molecule has 1 unspecified atom stereocenters. The first kappa shape index (κ1) is 12.3. The minimum atomic E-state index is -0.969. The van der Waals surface area contributed by atoms with Crippen molar-refractivity contribution in [3.63, 3.8) is 0 Å². The third-order valence-electron chi connectivity index (χ3n) is 3.05. The van der Waals surface area contributed by atoms with Gasteiger partial charge in [-0.1, -0.05) is 48.5 Å². The zero-order valence-electron chi connectivity index (χ0n) is 10.5. The van der Waals surface area contributed by atoms with Gasteiger partial charge < -0.3 is 4.74 Å². The Bertz CT molecular complexity index is 677. The lowest BCUT2D eigenvalue weighted by Crippen LogP contribution is -2.31. The van der Waals surface area contributed by atoms with Crippen molar-refractivity contribution in [2.75, 3.05) is 0 Å². The van der Waals surface area contributed by atoms with E-state index in [0.717, 1.165) is 0 Å². The summed E-state index contributed by atoms with van der Waals surface area (Å²) in [6, 6.07) is 17.7. The summed E-state index contributed by atoms with van der Waals surface area (Å²) >= 11 is 0. The Morgan fingerprint density at radius 3 is 2.05 bits per heavy atom. The van der Waals surface area contributed by atoms with Gasteiger partial charge in [-0.05, 0) is 17.7 Å². The number of ether oxygens (including phenoxy) is 1. The largest absolute Gasteiger partial charge is 0.406 e. The summed E-state index contributed by atoms with van der Waals surface area (Å²) in [5, 5.41) is 0. The number of hydrogen-bond acceptors (Lipinski definition) is 3. The Hall–Kier alpha value is -2.75. The molecule has 1 amide bonds. The van der Waals surface area contributed by atoms with Crippen LogP contribution < -0.4 is 0 Å². The van der Waals surface area contributed by atoms with E-state index < -0.39 is 17.8 Å². The Morgan fingerprint density at radius 2 is 1.45 bits per heavy atom. The van der Waals surface area contributed by atoms with Crippen molar-refractivity contribution >= 4 is 17.8 Å². The average Bonchev–Trinajstić information content (AvgIpc) is 2.48. The summed E-state index contributed by atoms with van der Waals surface area (Å²) in [7, 11) is 0. The zero-order chi connectivity index (χ0) is 13.9. The first-order chi connectivity index (χ1) is 9.75.